The molecule has 0 bridgehead atoms. The lowest BCUT2D eigenvalue weighted by Gasteiger charge is -2.10. The monoisotopic (exact) mass is 258 g/mol. The zero-order valence-electron chi connectivity index (χ0n) is 10.8. The van der Waals surface area contributed by atoms with Crippen molar-refractivity contribution in [2.75, 3.05) is 7.05 Å². The molecule has 6 heteroatoms. The molecule has 0 atom stereocenters. The molecule has 0 radical (unpaired) electrons. The highest BCUT2D eigenvalue weighted by Gasteiger charge is 2.11. The van der Waals surface area contributed by atoms with Crippen LogP contribution in [0.3, 0.4) is 0 Å². The molecule has 1 aromatic carbocycles. The highest BCUT2D eigenvalue weighted by molar-refractivity contribution is 5.72. The average Bonchev–Trinajstić information content (AvgIpc) is 2.94. The largest absolute Gasteiger partial charge is 0.439 e. The van der Waals surface area contributed by atoms with Crippen molar-refractivity contribution >= 4 is 11.1 Å². The number of oxazole rings is 1. The fraction of sp³-hybridized carbons (Fsp3) is 0.308. The zero-order chi connectivity index (χ0) is 13.2. The van der Waals surface area contributed by atoms with E-state index in [2.05, 4.69) is 15.2 Å². The Morgan fingerprint density at radius 1 is 1.05 bits per heavy atom. The van der Waals surface area contributed by atoms with Crippen molar-refractivity contribution in [1.82, 2.24) is 20.1 Å². The number of nitrogens with zero attached hydrogens (tertiary/aromatic N) is 4. The Labute approximate surface area is 110 Å². The standard InChI is InChI=1S/C13H14N4O2/c1-9-15-16-13(18-9)8-17(2)7-12-14-10-5-3-4-6-11(10)19-12/h3-6H,7-8H2,1-2H3. The van der Waals surface area contributed by atoms with Gasteiger partial charge in [-0.25, -0.2) is 4.98 Å². The minimum atomic E-state index is 0.569. The Balaban J connectivity index is 1.70. The summed E-state index contributed by atoms with van der Waals surface area (Å²) in [6, 6.07) is 7.72. The van der Waals surface area contributed by atoms with E-state index < -0.39 is 0 Å². The van der Waals surface area contributed by atoms with E-state index in [-0.39, 0.29) is 0 Å². The molecule has 19 heavy (non-hydrogen) atoms. The predicted molar refractivity (Wildman–Crippen MR) is 68.2 cm³/mol. The number of hydrogen-bond donors (Lipinski definition) is 0. The number of rotatable bonds is 4. The lowest BCUT2D eigenvalue weighted by atomic mass is 10.3. The van der Waals surface area contributed by atoms with Crippen LogP contribution in [0.5, 0.6) is 0 Å². The first-order valence-electron chi connectivity index (χ1n) is 6.03. The van der Waals surface area contributed by atoms with Crippen molar-refractivity contribution in [3.63, 3.8) is 0 Å². The van der Waals surface area contributed by atoms with Gasteiger partial charge in [-0.3, -0.25) is 4.90 Å². The van der Waals surface area contributed by atoms with Crippen LogP contribution < -0.4 is 0 Å². The van der Waals surface area contributed by atoms with Gasteiger partial charge in [0.15, 0.2) is 5.58 Å². The number of hydrogen-bond acceptors (Lipinski definition) is 6. The number of fused-ring (bicyclic) bond motifs is 1. The van der Waals surface area contributed by atoms with Gasteiger partial charge in [0.05, 0.1) is 13.1 Å². The van der Waals surface area contributed by atoms with Crippen molar-refractivity contribution < 1.29 is 8.83 Å². The molecule has 3 aromatic rings. The fourth-order valence-electron chi connectivity index (χ4n) is 1.91. The number of para-hydroxylation sites is 2. The van der Waals surface area contributed by atoms with E-state index in [1.807, 2.05) is 36.2 Å². The first-order valence-corrected chi connectivity index (χ1v) is 6.03. The van der Waals surface area contributed by atoms with E-state index in [4.69, 9.17) is 8.83 Å². The summed E-state index contributed by atoms with van der Waals surface area (Å²) in [7, 11) is 1.95. The molecular formula is C13H14N4O2. The van der Waals surface area contributed by atoms with Gasteiger partial charge in [-0.1, -0.05) is 12.1 Å². The smallest absolute Gasteiger partial charge is 0.230 e. The molecular weight excluding hydrogens is 244 g/mol. The maximum Gasteiger partial charge on any atom is 0.230 e. The maximum atomic E-state index is 5.66. The zero-order valence-corrected chi connectivity index (χ0v) is 10.8. The van der Waals surface area contributed by atoms with Crippen molar-refractivity contribution in [1.29, 1.82) is 0 Å². The lowest BCUT2D eigenvalue weighted by molar-refractivity contribution is 0.255. The van der Waals surface area contributed by atoms with Crippen LogP contribution in [-0.2, 0) is 13.1 Å². The van der Waals surface area contributed by atoms with Gasteiger partial charge in [0.1, 0.15) is 5.52 Å². The molecule has 3 rings (SSSR count). The van der Waals surface area contributed by atoms with Crippen LogP contribution in [-0.4, -0.2) is 27.1 Å². The summed E-state index contributed by atoms with van der Waals surface area (Å²) in [6.45, 7) is 2.94. The minimum Gasteiger partial charge on any atom is -0.439 e. The van der Waals surface area contributed by atoms with Gasteiger partial charge in [0.2, 0.25) is 17.7 Å². The molecule has 0 aliphatic heterocycles. The third-order valence-corrected chi connectivity index (χ3v) is 2.72. The van der Waals surface area contributed by atoms with Crippen LogP contribution in [0.25, 0.3) is 11.1 Å². The Morgan fingerprint density at radius 2 is 1.84 bits per heavy atom. The SMILES string of the molecule is Cc1nnc(CN(C)Cc2nc3ccccc3o2)o1. The van der Waals surface area contributed by atoms with Gasteiger partial charge < -0.3 is 8.83 Å². The van der Waals surface area contributed by atoms with Crippen molar-refractivity contribution in [3.8, 4) is 0 Å². The molecule has 0 aliphatic carbocycles. The van der Waals surface area contributed by atoms with Crippen LogP contribution >= 0.6 is 0 Å². The van der Waals surface area contributed by atoms with Gasteiger partial charge in [-0.2, -0.15) is 0 Å². The molecule has 0 spiro atoms. The molecule has 2 aromatic heterocycles. The first-order chi connectivity index (χ1) is 9.20. The molecule has 0 fully saturated rings. The molecule has 0 amide bonds. The topological polar surface area (TPSA) is 68.2 Å². The van der Waals surface area contributed by atoms with Crippen LogP contribution in [0.2, 0.25) is 0 Å². The van der Waals surface area contributed by atoms with Crippen LogP contribution in [0, 0.1) is 6.92 Å². The molecule has 0 N–H and O–H groups in total. The highest BCUT2D eigenvalue weighted by Crippen LogP contribution is 2.16. The minimum absolute atomic E-state index is 0.569. The summed E-state index contributed by atoms with van der Waals surface area (Å²) < 4.78 is 11.0. The number of aromatic nitrogens is 3. The second-order valence-corrected chi connectivity index (χ2v) is 4.46. The van der Waals surface area contributed by atoms with Gasteiger partial charge in [0, 0.05) is 6.92 Å². The molecule has 0 saturated heterocycles. The van der Waals surface area contributed by atoms with Gasteiger partial charge in [-0.05, 0) is 19.2 Å². The predicted octanol–water partition coefficient (Wildman–Crippen LogP) is 2.15. The van der Waals surface area contributed by atoms with E-state index in [9.17, 15) is 0 Å². The van der Waals surface area contributed by atoms with Gasteiger partial charge in [-0.15, -0.1) is 10.2 Å². The third kappa shape index (κ3) is 2.63. The van der Waals surface area contributed by atoms with E-state index in [0.29, 0.717) is 30.8 Å². The number of benzene rings is 1. The summed E-state index contributed by atoms with van der Waals surface area (Å²) >= 11 is 0. The molecule has 0 aliphatic rings. The highest BCUT2D eigenvalue weighted by atomic mass is 16.4. The first kappa shape index (κ1) is 11.9. The molecule has 0 unspecified atom stereocenters. The average molecular weight is 258 g/mol. The van der Waals surface area contributed by atoms with E-state index in [1.54, 1.807) is 6.92 Å². The van der Waals surface area contributed by atoms with Crippen LogP contribution in [0.1, 0.15) is 17.7 Å². The van der Waals surface area contributed by atoms with Crippen LogP contribution in [0.15, 0.2) is 33.1 Å². The van der Waals surface area contributed by atoms with E-state index in [0.717, 1.165) is 11.1 Å². The molecule has 0 saturated carbocycles. The summed E-state index contributed by atoms with van der Waals surface area (Å²) in [6.07, 6.45) is 0. The normalized spacial score (nSPS) is 11.5. The number of aryl methyl sites for hydroxylation is 1. The Kier molecular flexibility index (Phi) is 3.00. The van der Waals surface area contributed by atoms with Gasteiger partial charge in [0.25, 0.3) is 0 Å². The maximum absolute atomic E-state index is 5.66. The summed E-state index contributed by atoms with van der Waals surface area (Å²) in [4.78, 5) is 6.44. The van der Waals surface area contributed by atoms with E-state index in [1.165, 1.54) is 0 Å². The summed E-state index contributed by atoms with van der Waals surface area (Å²) in [5.74, 6) is 1.85. The van der Waals surface area contributed by atoms with Gasteiger partial charge >= 0.3 is 0 Å². The molecule has 98 valence electrons. The van der Waals surface area contributed by atoms with Crippen molar-refractivity contribution in [3.05, 3.63) is 41.9 Å². The van der Waals surface area contributed by atoms with Crippen LogP contribution in [0.4, 0.5) is 0 Å². The Morgan fingerprint density at radius 3 is 2.58 bits per heavy atom. The van der Waals surface area contributed by atoms with Crippen molar-refractivity contribution in [2.45, 2.75) is 20.0 Å². The third-order valence-electron chi connectivity index (χ3n) is 2.72. The summed E-state index contributed by atoms with van der Waals surface area (Å²) in [5, 5.41) is 7.76. The second kappa shape index (κ2) is 4.81. The molecule has 6 nitrogen and oxygen atoms in total. The second-order valence-electron chi connectivity index (χ2n) is 4.46. The summed E-state index contributed by atoms with van der Waals surface area (Å²) in [5.41, 5.74) is 1.68. The fourth-order valence-corrected chi connectivity index (χ4v) is 1.91. The quantitative estimate of drug-likeness (QED) is 0.714. The van der Waals surface area contributed by atoms with Crippen molar-refractivity contribution in [2.24, 2.45) is 0 Å². The Bertz CT molecular complexity index is 656. The molecule has 2 heterocycles. The Hall–Kier alpha value is -2.21. The lowest BCUT2D eigenvalue weighted by Crippen LogP contribution is -2.17. The van der Waals surface area contributed by atoms with E-state index >= 15 is 0 Å².